The molecule has 1 aromatic carbocycles. The van der Waals surface area contributed by atoms with E-state index in [0.717, 1.165) is 30.2 Å². The van der Waals surface area contributed by atoms with Gasteiger partial charge < -0.3 is 15.1 Å². The van der Waals surface area contributed by atoms with E-state index in [-0.39, 0.29) is 6.03 Å². The van der Waals surface area contributed by atoms with Crippen molar-refractivity contribution < 1.29 is 4.79 Å². The Bertz CT molecular complexity index is 726. The van der Waals surface area contributed by atoms with Gasteiger partial charge in [-0.15, -0.1) is 5.10 Å². The number of nitrogens with one attached hydrogen (secondary N) is 1. The fourth-order valence-corrected chi connectivity index (χ4v) is 2.90. The van der Waals surface area contributed by atoms with Crippen molar-refractivity contribution >= 4 is 29.1 Å². The zero-order chi connectivity index (χ0) is 17.1. The van der Waals surface area contributed by atoms with Crippen LogP contribution in [0.15, 0.2) is 30.3 Å². The Morgan fingerprint density at radius 3 is 2.46 bits per heavy atom. The SMILES string of the molecule is Cc1ccc(NC(=O)N2CCN(c3ccc(C)nn3)CC2)c(Cl)c1. The number of aryl methyl sites for hydroxylation is 2. The minimum atomic E-state index is -0.129. The number of halogens is 1. The molecule has 2 aromatic rings. The second-order valence-electron chi connectivity index (χ2n) is 5.92. The van der Waals surface area contributed by atoms with E-state index < -0.39 is 0 Å². The number of hydrogen-bond acceptors (Lipinski definition) is 4. The van der Waals surface area contributed by atoms with Crippen LogP contribution >= 0.6 is 11.6 Å². The van der Waals surface area contributed by atoms with Crippen molar-refractivity contribution in [1.82, 2.24) is 15.1 Å². The summed E-state index contributed by atoms with van der Waals surface area (Å²) in [7, 11) is 0. The van der Waals surface area contributed by atoms with Crippen LogP contribution in [0, 0.1) is 13.8 Å². The number of amides is 2. The summed E-state index contributed by atoms with van der Waals surface area (Å²) in [5.41, 5.74) is 2.59. The summed E-state index contributed by atoms with van der Waals surface area (Å²) < 4.78 is 0. The standard InChI is InChI=1S/C17H20ClN5O/c1-12-3-5-15(14(18)11-12)19-17(24)23-9-7-22(8-10-23)16-6-4-13(2)20-21-16/h3-6,11H,7-10H2,1-2H3,(H,19,24). The number of carbonyl (C=O) groups excluding carboxylic acids is 1. The highest BCUT2D eigenvalue weighted by molar-refractivity contribution is 6.33. The first-order valence-corrected chi connectivity index (χ1v) is 8.28. The minimum Gasteiger partial charge on any atom is -0.352 e. The quantitative estimate of drug-likeness (QED) is 0.908. The van der Waals surface area contributed by atoms with E-state index in [0.29, 0.717) is 23.8 Å². The number of hydrogen-bond donors (Lipinski definition) is 1. The van der Waals surface area contributed by atoms with Gasteiger partial charge in [0.15, 0.2) is 5.82 Å². The Labute approximate surface area is 146 Å². The van der Waals surface area contributed by atoms with Crippen LogP contribution in [-0.2, 0) is 0 Å². The van der Waals surface area contributed by atoms with Crippen LogP contribution in [0.2, 0.25) is 5.02 Å². The van der Waals surface area contributed by atoms with Crippen molar-refractivity contribution in [1.29, 1.82) is 0 Å². The number of rotatable bonds is 2. The van der Waals surface area contributed by atoms with E-state index in [1.54, 1.807) is 4.90 Å². The highest BCUT2D eigenvalue weighted by Crippen LogP contribution is 2.23. The highest BCUT2D eigenvalue weighted by Gasteiger charge is 2.22. The van der Waals surface area contributed by atoms with Crippen LogP contribution in [0.1, 0.15) is 11.3 Å². The van der Waals surface area contributed by atoms with Crippen LogP contribution in [-0.4, -0.2) is 47.3 Å². The second kappa shape index (κ2) is 7.05. The molecular formula is C17H20ClN5O. The van der Waals surface area contributed by atoms with E-state index >= 15 is 0 Å². The Morgan fingerprint density at radius 1 is 1.08 bits per heavy atom. The van der Waals surface area contributed by atoms with Gasteiger partial charge in [-0.3, -0.25) is 0 Å². The van der Waals surface area contributed by atoms with Crippen LogP contribution in [0.3, 0.4) is 0 Å². The van der Waals surface area contributed by atoms with Gasteiger partial charge in [-0.2, -0.15) is 5.10 Å². The first-order chi connectivity index (χ1) is 11.5. The summed E-state index contributed by atoms with van der Waals surface area (Å²) in [5, 5.41) is 11.7. The molecule has 1 aliphatic heterocycles. The lowest BCUT2D eigenvalue weighted by Crippen LogP contribution is -2.50. The largest absolute Gasteiger partial charge is 0.352 e. The normalized spacial score (nSPS) is 14.6. The van der Waals surface area contributed by atoms with E-state index in [9.17, 15) is 4.79 Å². The maximum atomic E-state index is 12.4. The highest BCUT2D eigenvalue weighted by atomic mass is 35.5. The molecule has 6 nitrogen and oxygen atoms in total. The Hall–Kier alpha value is -2.34. The lowest BCUT2D eigenvalue weighted by molar-refractivity contribution is 0.208. The number of anilines is 2. The number of carbonyl (C=O) groups is 1. The first kappa shape index (κ1) is 16.5. The number of nitrogens with zero attached hydrogens (tertiary/aromatic N) is 4. The van der Waals surface area contributed by atoms with Gasteiger partial charge in [0.1, 0.15) is 0 Å². The average Bonchev–Trinajstić information content (AvgIpc) is 2.58. The van der Waals surface area contributed by atoms with Gasteiger partial charge in [0.25, 0.3) is 0 Å². The molecule has 1 fully saturated rings. The van der Waals surface area contributed by atoms with Crippen molar-refractivity contribution in [2.75, 3.05) is 36.4 Å². The van der Waals surface area contributed by atoms with Gasteiger partial charge >= 0.3 is 6.03 Å². The smallest absolute Gasteiger partial charge is 0.322 e. The molecule has 0 radical (unpaired) electrons. The third-order valence-electron chi connectivity index (χ3n) is 4.04. The lowest BCUT2D eigenvalue weighted by atomic mass is 10.2. The van der Waals surface area contributed by atoms with Crippen LogP contribution in [0.4, 0.5) is 16.3 Å². The molecule has 2 heterocycles. The molecule has 0 saturated carbocycles. The molecule has 1 saturated heterocycles. The Balaban J connectivity index is 1.58. The summed E-state index contributed by atoms with van der Waals surface area (Å²) in [6.07, 6.45) is 0. The topological polar surface area (TPSA) is 61.4 Å². The van der Waals surface area contributed by atoms with E-state index in [2.05, 4.69) is 20.4 Å². The fourth-order valence-electron chi connectivity index (χ4n) is 2.61. The summed E-state index contributed by atoms with van der Waals surface area (Å²) in [5.74, 6) is 0.849. The van der Waals surface area contributed by atoms with E-state index in [1.807, 2.05) is 44.2 Å². The van der Waals surface area contributed by atoms with E-state index in [1.165, 1.54) is 0 Å². The Kier molecular flexibility index (Phi) is 4.85. The first-order valence-electron chi connectivity index (χ1n) is 7.90. The van der Waals surface area contributed by atoms with Crippen molar-refractivity contribution in [2.45, 2.75) is 13.8 Å². The predicted molar refractivity (Wildman–Crippen MR) is 95.8 cm³/mol. The average molecular weight is 346 g/mol. The van der Waals surface area contributed by atoms with Gasteiger partial charge in [0.2, 0.25) is 0 Å². The molecule has 1 N–H and O–H groups in total. The monoisotopic (exact) mass is 345 g/mol. The molecule has 24 heavy (non-hydrogen) atoms. The summed E-state index contributed by atoms with van der Waals surface area (Å²) in [4.78, 5) is 16.3. The number of urea groups is 1. The van der Waals surface area contributed by atoms with Crippen LogP contribution in [0.25, 0.3) is 0 Å². The molecule has 126 valence electrons. The third kappa shape index (κ3) is 3.76. The van der Waals surface area contributed by atoms with Crippen LogP contribution in [0.5, 0.6) is 0 Å². The molecular weight excluding hydrogens is 326 g/mol. The zero-order valence-electron chi connectivity index (χ0n) is 13.8. The number of piperazine rings is 1. The molecule has 0 spiro atoms. The molecule has 0 aliphatic carbocycles. The van der Waals surface area contributed by atoms with Crippen LogP contribution < -0.4 is 10.2 Å². The molecule has 0 atom stereocenters. The molecule has 0 unspecified atom stereocenters. The van der Waals surface area contributed by atoms with Gasteiger partial charge in [-0.25, -0.2) is 4.79 Å². The molecule has 7 heteroatoms. The molecule has 1 aliphatic rings. The van der Waals surface area contributed by atoms with Gasteiger partial charge in [-0.1, -0.05) is 17.7 Å². The summed E-state index contributed by atoms with van der Waals surface area (Å²) in [6, 6.07) is 9.37. The summed E-state index contributed by atoms with van der Waals surface area (Å²) in [6.45, 7) is 6.59. The van der Waals surface area contributed by atoms with Crippen molar-refractivity contribution in [3.63, 3.8) is 0 Å². The second-order valence-corrected chi connectivity index (χ2v) is 6.33. The predicted octanol–water partition coefficient (Wildman–Crippen LogP) is 3.10. The molecule has 0 bridgehead atoms. The molecule has 2 amide bonds. The summed E-state index contributed by atoms with van der Waals surface area (Å²) >= 11 is 6.17. The Morgan fingerprint density at radius 2 is 1.83 bits per heavy atom. The van der Waals surface area contributed by atoms with Gasteiger partial charge in [0.05, 0.1) is 16.4 Å². The van der Waals surface area contributed by atoms with Gasteiger partial charge in [0, 0.05) is 26.2 Å². The third-order valence-corrected chi connectivity index (χ3v) is 4.35. The van der Waals surface area contributed by atoms with Crippen molar-refractivity contribution in [3.8, 4) is 0 Å². The molecule has 3 rings (SSSR count). The number of benzene rings is 1. The van der Waals surface area contributed by atoms with E-state index in [4.69, 9.17) is 11.6 Å². The van der Waals surface area contributed by atoms with Crippen molar-refractivity contribution in [2.24, 2.45) is 0 Å². The zero-order valence-corrected chi connectivity index (χ0v) is 14.5. The lowest BCUT2D eigenvalue weighted by Gasteiger charge is -2.35. The fraction of sp³-hybridized carbons (Fsp3) is 0.353. The van der Waals surface area contributed by atoms with Gasteiger partial charge in [-0.05, 0) is 43.7 Å². The molecule has 1 aromatic heterocycles. The maximum Gasteiger partial charge on any atom is 0.322 e. The maximum absolute atomic E-state index is 12.4. The van der Waals surface area contributed by atoms with Crippen molar-refractivity contribution in [3.05, 3.63) is 46.6 Å². The number of aromatic nitrogens is 2. The minimum absolute atomic E-state index is 0.129.